The van der Waals surface area contributed by atoms with Gasteiger partial charge in [-0.1, -0.05) is 349 Å². The molecule has 0 aliphatic rings. The van der Waals surface area contributed by atoms with Gasteiger partial charge in [-0.05, 0) is 77.0 Å². The molecule has 5 heteroatoms. The Balaban J connectivity index is 3.48. The van der Waals surface area contributed by atoms with Crippen LogP contribution in [0.15, 0.2) is 97.2 Å². The van der Waals surface area contributed by atoms with E-state index in [1.807, 2.05) is 0 Å². The second-order valence-electron chi connectivity index (χ2n) is 22.9. The number of hydrogen-bond donors (Lipinski definition) is 1. The Morgan fingerprint density at radius 1 is 0.304 bits per heavy atom. The van der Waals surface area contributed by atoms with Crippen molar-refractivity contribution in [2.24, 2.45) is 0 Å². The maximum Gasteiger partial charge on any atom is 0.306 e. The quantitative estimate of drug-likeness (QED) is 0.0373. The minimum atomic E-state index is -0.779. The summed E-state index contributed by atoms with van der Waals surface area (Å²) in [4.78, 5) is 24.6. The third-order valence-electron chi connectivity index (χ3n) is 15.1. The van der Waals surface area contributed by atoms with Crippen LogP contribution in [0.1, 0.15) is 341 Å². The summed E-state index contributed by atoms with van der Waals surface area (Å²) < 4.78 is 10.8. The van der Waals surface area contributed by atoms with E-state index < -0.39 is 6.10 Å². The van der Waals surface area contributed by atoms with Crippen LogP contribution in [0, 0.1) is 0 Å². The lowest BCUT2D eigenvalue weighted by Crippen LogP contribution is -2.28. The molecule has 0 radical (unpaired) electrons. The van der Waals surface area contributed by atoms with Crippen LogP contribution >= 0.6 is 0 Å². The van der Waals surface area contributed by atoms with Crippen molar-refractivity contribution in [3.63, 3.8) is 0 Å². The van der Waals surface area contributed by atoms with Crippen LogP contribution < -0.4 is 0 Å². The number of allylic oxidation sites excluding steroid dienone is 16. The third-order valence-corrected chi connectivity index (χ3v) is 15.1. The first-order chi connectivity index (χ1) is 39.1. The van der Waals surface area contributed by atoms with Gasteiger partial charge in [0.05, 0.1) is 6.61 Å². The highest BCUT2D eigenvalue weighted by molar-refractivity contribution is 5.70. The first-order valence-corrected chi connectivity index (χ1v) is 34.3. The first-order valence-electron chi connectivity index (χ1n) is 34.3. The SMILES string of the molecule is CC/C=C\C/C=C\C/C=C\C/C=C\C/C=C\C/C=C\C/C=C\C/C=C\CCCCCCCCCCCCC(=O)OC(CO)COC(=O)CCCCCCCCCCCCCCCCCCCCCCCCCCCCCCCC. The Bertz CT molecular complexity index is 1480. The zero-order valence-electron chi connectivity index (χ0n) is 52.4. The summed E-state index contributed by atoms with van der Waals surface area (Å²) in [5, 5.41) is 9.70. The Morgan fingerprint density at radius 3 is 0.823 bits per heavy atom. The normalized spacial score (nSPS) is 12.8. The van der Waals surface area contributed by atoms with E-state index >= 15 is 0 Å². The molecule has 0 saturated heterocycles. The fourth-order valence-electron chi connectivity index (χ4n) is 10.0. The van der Waals surface area contributed by atoms with E-state index in [1.165, 1.54) is 225 Å². The van der Waals surface area contributed by atoms with Crippen molar-refractivity contribution in [2.45, 2.75) is 347 Å². The van der Waals surface area contributed by atoms with E-state index in [-0.39, 0.29) is 25.2 Å². The van der Waals surface area contributed by atoms with Crippen LogP contribution in [-0.4, -0.2) is 36.4 Å². The van der Waals surface area contributed by atoms with Gasteiger partial charge in [0.25, 0.3) is 0 Å². The monoisotopic (exact) mass is 1100 g/mol. The van der Waals surface area contributed by atoms with E-state index in [1.54, 1.807) is 0 Å². The van der Waals surface area contributed by atoms with Crippen LogP contribution in [0.2, 0.25) is 0 Å². The molecule has 0 rings (SSSR count). The van der Waals surface area contributed by atoms with Crippen LogP contribution in [0.4, 0.5) is 0 Å². The van der Waals surface area contributed by atoms with Crippen molar-refractivity contribution in [1.82, 2.24) is 0 Å². The molecular weight excluding hydrogens is 969 g/mol. The molecule has 0 amide bonds. The van der Waals surface area contributed by atoms with E-state index in [9.17, 15) is 14.7 Å². The van der Waals surface area contributed by atoms with E-state index in [4.69, 9.17) is 9.47 Å². The lowest BCUT2D eigenvalue weighted by atomic mass is 10.0. The van der Waals surface area contributed by atoms with Crippen LogP contribution in [0.3, 0.4) is 0 Å². The molecule has 0 fully saturated rings. The second kappa shape index (κ2) is 69.1. The summed E-state index contributed by atoms with van der Waals surface area (Å²) in [6, 6.07) is 0. The summed E-state index contributed by atoms with van der Waals surface area (Å²) >= 11 is 0. The van der Waals surface area contributed by atoms with E-state index in [2.05, 4.69) is 111 Å². The zero-order valence-corrected chi connectivity index (χ0v) is 52.4. The smallest absolute Gasteiger partial charge is 0.306 e. The summed E-state index contributed by atoms with van der Waals surface area (Å²) in [7, 11) is 0. The Hall–Kier alpha value is -3.18. The van der Waals surface area contributed by atoms with Gasteiger partial charge in [-0.25, -0.2) is 0 Å². The number of unbranched alkanes of at least 4 members (excludes halogenated alkanes) is 39. The lowest BCUT2D eigenvalue weighted by Gasteiger charge is -2.15. The fourth-order valence-corrected chi connectivity index (χ4v) is 10.0. The van der Waals surface area contributed by atoms with E-state index in [0.29, 0.717) is 12.8 Å². The fraction of sp³-hybridized carbons (Fsp3) is 0.757. The molecule has 456 valence electrons. The maximum absolute atomic E-state index is 12.4. The molecule has 1 atom stereocenters. The first kappa shape index (κ1) is 75.8. The number of carbonyl (C=O) groups is 2. The number of hydrogen-bond acceptors (Lipinski definition) is 5. The Kier molecular flexibility index (Phi) is 66.3. The summed E-state index contributed by atoms with van der Waals surface area (Å²) in [5.41, 5.74) is 0. The molecule has 0 heterocycles. The van der Waals surface area contributed by atoms with Crippen LogP contribution in [0.25, 0.3) is 0 Å². The molecule has 1 unspecified atom stereocenters. The summed E-state index contributed by atoms with van der Waals surface area (Å²) in [5.74, 6) is -0.584. The molecule has 5 nitrogen and oxygen atoms in total. The molecule has 0 bridgehead atoms. The third kappa shape index (κ3) is 67.2. The second-order valence-corrected chi connectivity index (χ2v) is 22.9. The molecule has 0 aromatic heterocycles. The topological polar surface area (TPSA) is 72.8 Å². The Morgan fingerprint density at radius 2 is 0.544 bits per heavy atom. The van der Waals surface area contributed by atoms with Crippen molar-refractivity contribution in [2.75, 3.05) is 13.2 Å². The van der Waals surface area contributed by atoms with Gasteiger partial charge in [-0.3, -0.25) is 9.59 Å². The van der Waals surface area contributed by atoms with Gasteiger partial charge >= 0.3 is 11.9 Å². The zero-order chi connectivity index (χ0) is 56.9. The summed E-state index contributed by atoms with van der Waals surface area (Å²) in [6.45, 7) is 4.06. The average molecular weight is 1100 g/mol. The number of esters is 2. The molecular formula is C74H130O5. The highest BCUT2D eigenvalue weighted by atomic mass is 16.6. The lowest BCUT2D eigenvalue weighted by molar-refractivity contribution is -0.161. The molecule has 0 spiro atoms. The van der Waals surface area contributed by atoms with Crippen molar-refractivity contribution < 1.29 is 24.2 Å². The molecule has 0 aliphatic heterocycles. The predicted molar refractivity (Wildman–Crippen MR) is 348 cm³/mol. The highest BCUT2D eigenvalue weighted by Gasteiger charge is 2.16. The van der Waals surface area contributed by atoms with Crippen molar-refractivity contribution in [1.29, 1.82) is 0 Å². The maximum atomic E-state index is 12.4. The standard InChI is InChI=1S/C74H130O5/c1-3-5-7-9-11-13-15-17-19-21-23-25-27-29-31-33-35-36-37-38-39-41-43-45-47-49-51-53-55-57-59-61-63-65-67-69-74(77)79-72(70-75)71-78-73(76)68-66-64-62-60-58-56-54-52-50-48-46-44-42-40-34-32-30-28-26-24-22-20-18-16-14-12-10-8-6-4-2/h5,7,11,13,17,19,23,25,29,31,35-36,38-39,43,45,72,75H,3-4,6,8-10,12,14-16,18,20-22,24,26-28,30,32-34,37,40-42,44,46-71H2,1-2H3/b7-5-,13-11-,19-17-,25-23-,31-29-,36-35-,39-38-,45-43-. The van der Waals surface area contributed by atoms with Crippen LogP contribution in [0.5, 0.6) is 0 Å². The average Bonchev–Trinajstić information content (AvgIpc) is 3.45. The molecule has 79 heavy (non-hydrogen) atoms. The van der Waals surface area contributed by atoms with Gasteiger partial charge in [0, 0.05) is 12.8 Å². The van der Waals surface area contributed by atoms with E-state index in [0.717, 1.165) is 89.9 Å². The minimum Gasteiger partial charge on any atom is -0.462 e. The van der Waals surface area contributed by atoms with Crippen molar-refractivity contribution in [3.05, 3.63) is 97.2 Å². The number of aliphatic hydroxyl groups excluding tert-OH is 1. The molecule has 0 aliphatic carbocycles. The number of aliphatic hydroxyl groups is 1. The highest BCUT2D eigenvalue weighted by Crippen LogP contribution is 2.18. The van der Waals surface area contributed by atoms with Crippen LogP contribution in [-0.2, 0) is 19.1 Å². The molecule has 1 N–H and O–H groups in total. The van der Waals surface area contributed by atoms with Crippen molar-refractivity contribution in [3.8, 4) is 0 Å². The molecule has 0 aromatic carbocycles. The number of ether oxygens (including phenoxy) is 2. The van der Waals surface area contributed by atoms with Gasteiger partial charge in [0.15, 0.2) is 6.10 Å². The Labute approximate surface area is 491 Å². The predicted octanol–water partition coefficient (Wildman–Crippen LogP) is 23.8. The van der Waals surface area contributed by atoms with Crippen molar-refractivity contribution >= 4 is 11.9 Å². The largest absolute Gasteiger partial charge is 0.462 e. The van der Waals surface area contributed by atoms with Gasteiger partial charge in [0.1, 0.15) is 6.61 Å². The summed E-state index contributed by atoms with van der Waals surface area (Å²) in [6.07, 6.45) is 98.6. The number of carbonyl (C=O) groups excluding carboxylic acids is 2. The van der Waals surface area contributed by atoms with Gasteiger partial charge in [0.2, 0.25) is 0 Å². The molecule has 0 saturated carbocycles. The number of rotatable bonds is 63. The molecule has 0 aromatic rings. The van der Waals surface area contributed by atoms with Gasteiger partial charge < -0.3 is 14.6 Å². The van der Waals surface area contributed by atoms with Gasteiger partial charge in [-0.2, -0.15) is 0 Å². The minimum absolute atomic E-state index is 0.0677. The van der Waals surface area contributed by atoms with Gasteiger partial charge in [-0.15, -0.1) is 0 Å².